The minimum absolute atomic E-state index is 0.572. The van der Waals surface area contributed by atoms with E-state index in [1.54, 1.807) is 11.8 Å². The molecule has 7 nitrogen and oxygen atoms in total. The first-order chi connectivity index (χ1) is 15.2. The summed E-state index contributed by atoms with van der Waals surface area (Å²) in [6, 6.07) is 8.13. The molecule has 0 spiro atoms. The molecule has 4 aromatic rings. The lowest BCUT2D eigenvalue weighted by Gasteiger charge is -2.14. The predicted molar refractivity (Wildman–Crippen MR) is 119 cm³/mol. The first kappa shape index (κ1) is 19.4. The average Bonchev–Trinajstić information content (AvgIpc) is 3.25. The molecule has 31 heavy (non-hydrogen) atoms. The molecule has 1 aliphatic rings. The number of pyridine rings is 1. The van der Waals surface area contributed by atoms with E-state index >= 15 is 0 Å². The fourth-order valence-electron chi connectivity index (χ4n) is 3.87. The van der Waals surface area contributed by atoms with Gasteiger partial charge in [0.15, 0.2) is 0 Å². The number of nitrogens with zero attached hydrogens (tertiary/aromatic N) is 5. The van der Waals surface area contributed by atoms with Gasteiger partial charge >= 0.3 is 0 Å². The lowest BCUT2D eigenvalue weighted by atomic mass is 10.0. The molecule has 0 bridgehead atoms. The van der Waals surface area contributed by atoms with Gasteiger partial charge < -0.3 is 9.47 Å². The molecule has 7 heteroatoms. The van der Waals surface area contributed by atoms with Crippen molar-refractivity contribution < 1.29 is 9.47 Å². The highest BCUT2D eigenvalue weighted by atomic mass is 16.5. The number of ether oxygens (including phenoxy) is 2. The highest BCUT2D eigenvalue weighted by Crippen LogP contribution is 2.29. The van der Waals surface area contributed by atoms with Crippen LogP contribution in [0.2, 0.25) is 0 Å². The lowest BCUT2D eigenvalue weighted by Crippen LogP contribution is -2.06. The van der Waals surface area contributed by atoms with Crippen LogP contribution >= 0.6 is 0 Å². The molecule has 3 aromatic heterocycles. The summed E-state index contributed by atoms with van der Waals surface area (Å²) in [5.41, 5.74) is 6.13. The maximum absolute atomic E-state index is 5.67. The molecular weight excluding hydrogens is 390 g/mol. The SMILES string of the molecule is COc1cc(-c2cnn(C)c2)ccc1Cc1ncc2ccnc(C3=CCOCC3)c2n1. The normalized spacial score (nSPS) is 13.9. The Kier molecular flexibility index (Phi) is 5.18. The predicted octanol–water partition coefficient (Wildman–Crippen LogP) is 3.83. The highest BCUT2D eigenvalue weighted by Gasteiger charge is 2.15. The smallest absolute Gasteiger partial charge is 0.133 e. The number of methoxy groups -OCH3 is 1. The van der Waals surface area contributed by atoms with Crippen molar-refractivity contribution in [1.82, 2.24) is 24.7 Å². The summed E-state index contributed by atoms with van der Waals surface area (Å²) in [6.45, 7) is 1.33. The van der Waals surface area contributed by atoms with Crippen molar-refractivity contribution in [3.8, 4) is 16.9 Å². The molecule has 0 saturated carbocycles. The molecule has 0 N–H and O–H groups in total. The summed E-state index contributed by atoms with van der Waals surface area (Å²) in [5, 5.41) is 5.24. The molecule has 1 aliphatic heterocycles. The lowest BCUT2D eigenvalue weighted by molar-refractivity contribution is 0.161. The molecule has 0 unspecified atom stereocenters. The van der Waals surface area contributed by atoms with E-state index in [1.165, 1.54) is 5.57 Å². The van der Waals surface area contributed by atoms with Gasteiger partial charge in [-0.1, -0.05) is 18.2 Å². The second-order valence-electron chi connectivity index (χ2n) is 7.54. The van der Waals surface area contributed by atoms with E-state index in [-0.39, 0.29) is 0 Å². The molecule has 4 heterocycles. The summed E-state index contributed by atoms with van der Waals surface area (Å²) in [7, 11) is 3.60. The fraction of sp³-hybridized carbons (Fsp3) is 0.250. The van der Waals surface area contributed by atoms with Gasteiger partial charge in [-0.05, 0) is 29.7 Å². The Morgan fingerprint density at radius 2 is 2.06 bits per heavy atom. The van der Waals surface area contributed by atoms with Crippen LogP contribution in [0.15, 0.2) is 55.1 Å². The van der Waals surface area contributed by atoms with Gasteiger partial charge in [-0.3, -0.25) is 9.67 Å². The summed E-state index contributed by atoms with van der Waals surface area (Å²) in [5.74, 6) is 1.55. The van der Waals surface area contributed by atoms with Crippen molar-refractivity contribution in [2.45, 2.75) is 12.8 Å². The van der Waals surface area contributed by atoms with Crippen LogP contribution in [-0.4, -0.2) is 45.1 Å². The maximum Gasteiger partial charge on any atom is 0.133 e. The molecule has 0 amide bonds. The van der Waals surface area contributed by atoms with Crippen molar-refractivity contribution in [2.75, 3.05) is 20.3 Å². The summed E-state index contributed by atoms with van der Waals surface area (Å²) < 4.78 is 12.9. The van der Waals surface area contributed by atoms with E-state index in [4.69, 9.17) is 14.5 Å². The molecule has 0 radical (unpaired) electrons. The Balaban J connectivity index is 1.49. The van der Waals surface area contributed by atoms with Gasteiger partial charge in [-0.25, -0.2) is 9.97 Å². The van der Waals surface area contributed by atoms with Gasteiger partial charge in [0.1, 0.15) is 11.6 Å². The average molecular weight is 413 g/mol. The number of hydrogen-bond acceptors (Lipinski definition) is 6. The van der Waals surface area contributed by atoms with E-state index in [2.05, 4.69) is 33.3 Å². The zero-order valence-electron chi connectivity index (χ0n) is 17.6. The van der Waals surface area contributed by atoms with Gasteiger partial charge in [-0.2, -0.15) is 5.10 Å². The van der Waals surface area contributed by atoms with Crippen molar-refractivity contribution in [1.29, 1.82) is 0 Å². The van der Waals surface area contributed by atoms with Gasteiger partial charge in [0.2, 0.25) is 0 Å². The third-order valence-electron chi connectivity index (χ3n) is 5.49. The molecule has 0 fully saturated rings. The van der Waals surface area contributed by atoms with Crippen molar-refractivity contribution in [3.63, 3.8) is 0 Å². The van der Waals surface area contributed by atoms with Crippen molar-refractivity contribution >= 4 is 16.5 Å². The van der Waals surface area contributed by atoms with Crippen LogP contribution in [-0.2, 0) is 18.2 Å². The maximum atomic E-state index is 5.67. The molecule has 156 valence electrons. The number of fused-ring (bicyclic) bond motifs is 1. The molecule has 0 aliphatic carbocycles. The molecule has 5 rings (SSSR count). The number of hydrogen-bond donors (Lipinski definition) is 0. The minimum Gasteiger partial charge on any atom is -0.496 e. The first-order valence-corrected chi connectivity index (χ1v) is 10.2. The van der Waals surface area contributed by atoms with Crippen LogP contribution < -0.4 is 4.74 Å². The molecule has 0 atom stereocenters. The molecule has 0 saturated heterocycles. The van der Waals surface area contributed by atoms with E-state index < -0.39 is 0 Å². The number of aromatic nitrogens is 5. The van der Waals surface area contributed by atoms with Gasteiger partial charge in [0.25, 0.3) is 0 Å². The van der Waals surface area contributed by atoms with Crippen LogP contribution in [0.1, 0.15) is 23.5 Å². The van der Waals surface area contributed by atoms with Gasteiger partial charge in [0.05, 0.1) is 37.7 Å². The molecular formula is C24H23N5O2. The molecule has 1 aromatic carbocycles. The van der Waals surface area contributed by atoms with E-state index in [0.717, 1.165) is 51.3 Å². The Bertz CT molecular complexity index is 1280. The highest BCUT2D eigenvalue weighted by molar-refractivity contribution is 5.88. The first-order valence-electron chi connectivity index (χ1n) is 10.2. The van der Waals surface area contributed by atoms with Crippen LogP contribution in [0.3, 0.4) is 0 Å². The van der Waals surface area contributed by atoms with Gasteiger partial charge in [-0.15, -0.1) is 0 Å². The summed E-state index contributed by atoms with van der Waals surface area (Å²) >= 11 is 0. The topological polar surface area (TPSA) is 75.0 Å². The quantitative estimate of drug-likeness (QED) is 0.495. The Hall–Kier alpha value is -3.58. The van der Waals surface area contributed by atoms with Crippen molar-refractivity contribution in [2.24, 2.45) is 7.05 Å². The zero-order chi connectivity index (χ0) is 21.2. The number of benzene rings is 1. The number of aryl methyl sites for hydroxylation is 1. The van der Waals surface area contributed by atoms with E-state index in [9.17, 15) is 0 Å². The van der Waals surface area contributed by atoms with Crippen LogP contribution in [0.25, 0.3) is 27.6 Å². The number of rotatable bonds is 5. The standard InChI is InChI=1S/C24H23N5O2/c1-29-15-20(14-27-29)17-3-4-18(21(11-17)30-2)12-22-26-13-19-5-8-25-23(24(19)28-22)16-6-9-31-10-7-16/h3-6,8,11,13-15H,7,9-10,12H2,1-2H3. The largest absolute Gasteiger partial charge is 0.496 e. The Labute approximate surface area is 180 Å². The monoisotopic (exact) mass is 413 g/mol. The van der Waals surface area contributed by atoms with Crippen molar-refractivity contribution in [3.05, 3.63) is 72.2 Å². The van der Waals surface area contributed by atoms with Crippen LogP contribution in [0.5, 0.6) is 5.75 Å². The van der Waals surface area contributed by atoms with Gasteiger partial charge in [0, 0.05) is 48.6 Å². The third-order valence-corrected chi connectivity index (χ3v) is 5.49. The summed E-state index contributed by atoms with van der Waals surface area (Å²) in [6.07, 6.45) is 11.0. The minimum atomic E-state index is 0.572. The Morgan fingerprint density at radius 1 is 1.13 bits per heavy atom. The van der Waals surface area contributed by atoms with E-state index in [1.807, 2.05) is 44.0 Å². The second-order valence-corrected chi connectivity index (χ2v) is 7.54. The van der Waals surface area contributed by atoms with Crippen LogP contribution in [0.4, 0.5) is 0 Å². The third kappa shape index (κ3) is 3.92. The van der Waals surface area contributed by atoms with Crippen LogP contribution in [0, 0.1) is 0 Å². The zero-order valence-corrected chi connectivity index (χ0v) is 17.6. The fourth-order valence-corrected chi connectivity index (χ4v) is 3.87. The summed E-state index contributed by atoms with van der Waals surface area (Å²) in [4.78, 5) is 14.1. The van der Waals surface area contributed by atoms with E-state index in [0.29, 0.717) is 19.6 Å². The second kappa shape index (κ2) is 8.28. The Morgan fingerprint density at radius 3 is 2.84 bits per heavy atom.